The van der Waals surface area contributed by atoms with Crippen LogP contribution in [0.2, 0.25) is 0 Å². The van der Waals surface area contributed by atoms with Gasteiger partial charge in [0, 0.05) is 19.0 Å². The highest BCUT2D eigenvalue weighted by molar-refractivity contribution is 5.83. The zero-order valence-corrected chi connectivity index (χ0v) is 17.8. The minimum atomic E-state index is -4.33. The number of aliphatic hydroxyl groups is 2. The van der Waals surface area contributed by atoms with E-state index in [1.165, 1.54) is 6.07 Å². The Morgan fingerprint density at radius 3 is 2.15 bits per heavy atom. The minimum absolute atomic E-state index is 0.274. The van der Waals surface area contributed by atoms with Crippen molar-refractivity contribution in [2.24, 2.45) is 0 Å². The number of halogens is 3. The van der Waals surface area contributed by atoms with E-state index in [0.717, 1.165) is 32.0 Å². The lowest BCUT2D eigenvalue weighted by atomic mass is 10.0. The highest BCUT2D eigenvalue weighted by Gasteiger charge is 2.34. The Bertz CT molecular complexity index is 791. The van der Waals surface area contributed by atoms with Gasteiger partial charge in [-0.2, -0.15) is 18.4 Å². The number of benzene rings is 1. The second-order valence-electron chi connectivity index (χ2n) is 7.43. The summed E-state index contributed by atoms with van der Waals surface area (Å²) in [5, 5.41) is 44.5. The summed E-state index contributed by atoms with van der Waals surface area (Å²) in [7, 11) is 0. The number of aliphatic hydroxyl groups excluding tert-OH is 2. The molecule has 33 heavy (non-hydrogen) atoms. The van der Waals surface area contributed by atoms with E-state index in [2.05, 4.69) is 16.3 Å². The SMILES string of the molecule is N#CCCCN(Cc1ccccc1C(F)(F)F)C1CCNCC1.O=C(O)C(O)C(O)C(=O)O. The maximum Gasteiger partial charge on any atom is 0.416 e. The second-order valence-corrected chi connectivity index (χ2v) is 7.43. The van der Waals surface area contributed by atoms with E-state index in [1.54, 1.807) is 12.1 Å². The van der Waals surface area contributed by atoms with Crippen LogP contribution in [0.1, 0.15) is 36.8 Å². The summed E-state index contributed by atoms with van der Waals surface area (Å²) in [6.45, 7) is 2.72. The summed E-state index contributed by atoms with van der Waals surface area (Å²) in [6.07, 6.45) is -5.88. The molecule has 2 unspecified atom stereocenters. The van der Waals surface area contributed by atoms with Crippen molar-refractivity contribution >= 4 is 11.9 Å². The van der Waals surface area contributed by atoms with Gasteiger partial charge in [-0.3, -0.25) is 4.90 Å². The van der Waals surface area contributed by atoms with Crippen LogP contribution in [0.5, 0.6) is 0 Å². The molecule has 1 aromatic carbocycles. The number of unbranched alkanes of at least 4 members (excludes halogenated alkanes) is 1. The normalized spacial score (nSPS) is 16.3. The molecule has 1 aliphatic rings. The van der Waals surface area contributed by atoms with Crippen LogP contribution in [0.15, 0.2) is 24.3 Å². The van der Waals surface area contributed by atoms with Crippen molar-refractivity contribution in [3.05, 3.63) is 35.4 Å². The number of nitriles is 1. The Kier molecular flexibility index (Phi) is 11.8. The van der Waals surface area contributed by atoms with Crippen molar-refractivity contribution in [3.63, 3.8) is 0 Å². The van der Waals surface area contributed by atoms with Gasteiger partial charge in [-0.05, 0) is 50.5 Å². The monoisotopic (exact) mass is 475 g/mol. The second kappa shape index (κ2) is 13.7. The van der Waals surface area contributed by atoms with Crippen molar-refractivity contribution < 1.29 is 43.2 Å². The first-order valence-corrected chi connectivity index (χ1v) is 10.3. The van der Waals surface area contributed by atoms with Gasteiger partial charge in [-0.1, -0.05) is 18.2 Å². The number of aliphatic carboxylic acids is 2. The molecule has 1 aromatic rings. The van der Waals surface area contributed by atoms with Crippen molar-refractivity contribution in [2.45, 2.75) is 56.7 Å². The van der Waals surface area contributed by atoms with Gasteiger partial charge in [0.2, 0.25) is 0 Å². The molecule has 0 amide bonds. The first-order chi connectivity index (χ1) is 15.5. The molecule has 1 heterocycles. The predicted octanol–water partition coefficient (Wildman–Crippen LogP) is 1.44. The molecule has 0 radical (unpaired) electrons. The van der Waals surface area contributed by atoms with E-state index in [1.807, 2.05) is 0 Å². The standard InChI is InChI=1S/C17H22F3N3.C4H6O6/c18-17(19,20)16-6-2-1-5-14(16)13-23(12-4-3-9-21)15-7-10-22-11-8-15;5-1(3(7)8)2(6)4(9)10/h1-2,5-6,15,22H,3-4,7-8,10-13H2;1-2,5-6H,(H,7,8)(H,9,10). The van der Waals surface area contributed by atoms with Crippen molar-refractivity contribution in [1.82, 2.24) is 10.2 Å². The van der Waals surface area contributed by atoms with E-state index in [-0.39, 0.29) is 12.6 Å². The third-order valence-electron chi connectivity index (χ3n) is 5.06. The Balaban J connectivity index is 0.000000461. The van der Waals surface area contributed by atoms with Crippen LogP contribution in [-0.4, -0.2) is 75.1 Å². The van der Waals surface area contributed by atoms with Crippen LogP contribution in [0.25, 0.3) is 0 Å². The molecule has 1 aliphatic heterocycles. The summed E-state index contributed by atoms with van der Waals surface area (Å²) < 4.78 is 39.5. The largest absolute Gasteiger partial charge is 0.479 e. The molecule has 0 aliphatic carbocycles. The van der Waals surface area contributed by atoms with Gasteiger partial charge in [0.1, 0.15) is 0 Å². The van der Waals surface area contributed by atoms with Crippen LogP contribution in [0.4, 0.5) is 13.2 Å². The lowest BCUT2D eigenvalue weighted by Gasteiger charge is -2.35. The molecule has 0 spiro atoms. The summed E-state index contributed by atoms with van der Waals surface area (Å²) in [5.41, 5.74) is -0.241. The molecule has 9 nitrogen and oxygen atoms in total. The molecular formula is C21H28F3N3O6. The molecule has 5 N–H and O–H groups in total. The summed E-state index contributed by atoms with van der Waals surface area (Å²) in [4.78, 5) is 21.7. The molecule has 12 heteroatoms. The third kappa shape index (κ3) is 9.75. The first-order valence-electron chi connectivity index (χ1n) is 10.3. The van der Waals surface area contributed by atoms with Crippen molar-refractivity contribution in [1.29, 1.82) is 5.26 Å². The number of nitrogens with one attached hydrogen (secondary N) is 1. The van der Waals surface area contributed by atoms with Crippen molar-refractivity contribution in [3.8, 4) is 6.07 Å². The maximum absolute atomic E-state index is 13.2. The number of alkyl halides is 3. The lowest BCUT2D eigenvalue weighted by Crippen LogP contribution is -2.43. The van der Waals surface area contributed by atoms with Crippen LogP contribution in [-0.2, 0) is 22.3 Å². The number of nitrogens with zero attached hydrogens (tertiary/aromatic N) is 2. The molecular weight excluding hydrogens is 447 g/mol. The topological polar surface area (TPSA) is 154 Å². The van der Waals surface area contributed by atoms with Gasteiger partial charge in [0.15, 0.2) is 12.2 Å². The van der Waals surface area contributed by atoms with Gasteiger partial charge in [0.05, 0.1) is 11.6 Å². The van der Waals surface area contributed by atoms with E-state index < -0.39 is 35.9 Å². The quantitative estimate of drug-likeness (QED) is 0.334. The zero-order chi connectivity index (χ0) is 25.0. The van der Waals surface area contributed by atoms with Crippen LogP contribution >= 0.6 is 0 Å². The van der Waals surface area contributed by atoms with E-state index in [4.69, 9.17) is 25.7 Å². The van der Waals surface area contributed by atoms with Crippen LogP contribution in [0.3, 0.4) is 0 Å². The van der Waals surface area contributed by atoms with Crippen LogP contribution in [0, 0.1) is 11.3 Å². The van der Waals surface area contributed by atoms with E-state index >= 15 is 0 Å². The van der Waals surface area contributed by atoms with Gasteiger partial charge in [-0.25, -0.2) is 9.59 Å². The van der Waals surface area contributed by atoms with Crippen molar-refractivity contribution in [2.75, 3.05) is 19.6 Å². The highest BCUT2D eigenvalue weighted by Crippen LogP contribution is 2.33. The fraction of sp³-hybridized carbons (Fsp3) is 0.571. The first kappa shape index (κ1) is 28.3. The molecule has 1 saturated heterocycles. The number of hydrogen-bond acceptors (Lipinski definition) is 7. The fourth-order valence-corrected chi connectivity index (χ4v) is 3.35. The molecule has 0 bridgehead atoms. The average molecular weight is 475 g/mol. The van der Waals surface area contributed by atoms with Gasteiger partial charge >= 0.3 is 18.1 Å². The Morgan fingerprint density at radius 2 is 1.67 bits per heavy atom. The molecule has 0 aromatic heterocycles. The van der Waals surface area contributed by atoms with Crippen LogP contribution < -0.4 is 5.32 Å². The number of rotatable bonds is 9. The van der Waals surface area contributed by atoms with Gasteiger partial charge in [0.25, 0.3) is 0 Å². The van der Waals surface area contributed by atoms with Gasteiger partial charge < -0.3 is 25.7 Å². The van der Waals surface area contributed by atoms with Gasteiger partial charge in [-0.15, -0.1) is 0 Å². The van der Waals surface area contributed by atoms with E-state index in [0.29, 0.717) is 24.9 Å². The molecule has 2 atom stereocenters. The smallest absolute Gasteiger partial charge is 0.416 e. The number of carboxylic acids is 2. The fourth-order valence-electron chi connectivity index (χ4n) is 3.35. The minimum Gasteiger partial charge on any atom is -0.479 e. The Morgan fingerprint density at radius 1 is 1.12 bits per heavy atom. The number of piperidine rings is 1. The molecule has 184 valence electrons. The summed E-state index contributed by atoms with van der Waals surface area (Å²) in [5.74, 6) is -3.54. The molecule has 1 fully saturated rings. The number of carbonyl (C=O) groups is 2. The average Bonchev–Trinajstić information content (AvgIpc) is 2.78. The summed E-state index contributed by atoms with van der Waals surface area (Å²) >= 11 is 0. The maximum atomic E-state index is 13.2. The molecule has 0 saturated carbocycles. The predicted molar refractivity (Wildman–Crippen MR) is 110 cm³/mol. The third-order valence-corrected chi connectivity index (χ3v) is 5.06. The zero-order valence-electron chi connectivity index (χ0n) is 17.8. The Hall–Kier alpha value is -2.72. The number of hydrogen-bond donors (Lipinski definition) is 5. The highest BCUT2D eigenvalue weighted by atomic mass is 19.4. The lowest BCUT2D eigenvalue weighted by molar-refractivity contribution is -0.165. The Labute approximate surface area is 189 Å². The van der Waals surface area contributed by atoms with E-state index in [9.17, 15) is 22.8 Å². The number of carboxylic acid groups (broad SMARTS) is 2. The summed E-state index contributed by atoms with van der Waals surface area (Å²) in [6, 6.07) is 8.16. The molecule has 2 rings (SSSR count).